The lowest BCUT2D eigenvalue weighted by Crippen LogP contribution is -2.44. The summed E-state index contributed by atoms with van der Waals surface area (Å²) in [6.07, 6.45) is 18.0. The molecule has 6 atom stereocenters. The van der Waals surface area contributed by atoms with Gasteiger partial charge in [-0.3, -0.25) is 18.9 Å². The molecular weight excluding hydrogens is 747 g/mol. The number of aromatic nitrogens is 3. The van der Waals surface area contributed by atoms with E-state index in [1.807, 2.05) is 12.1 Å². The highest BCUT2D eigenvalue weighted by atomic mass is 31.2. The van der Waals surface area contributed by atoms with Crippen LogP contribution in [0.2, 0.25) is 0 Å². The van der Waals surface area contributed by atoms with Crippen molar-refractivity contribution in [2.45, 2.75) is 153 Å². The SMILES string of the molecule is C=NC[C@@]1(c2ccc3c(N)ncnn23)O[C@H](COP(=O)(O)OC[C@@H](COCCCCCCCCCCCCCCCCCC)N2Cc3ccccc3C2)[C@@H](O)[C@H]1O. The largest absolute Gasteiger partial charge is 0.472 e. The molecule has 2 aliphatic heterocycles. The van der Waals surface area contributed by atoms with Gasteiger partial charge in [0, 0.05) is 19.7 Å². The van der Waals surface area contributed by atoms with Crippen molar-refractivity contribution in [2.24, 2.45) is 4.99 Å². The zero-order valence-electron chi connectivity index (χ0n) is 34.0. The number of nitrogens with two attached hydrogens (primary N) is 1. The highest BCUT2D eigenvalue weighted by Crippen LogP contribution is 2.47. The maximum absolute atomic E-state index is 13.3. The third-order valence-corrected chi connectivity index (χ3v) is 12.4. The Morgan fingerprint density at radius 3 is 2.11 bits per heavy atom. The highest BCUT2D eigenvalue weighted by molar-refractivity contribution is 7.47. The van der Waals surface area contributed by atoms with Gasteiger partial charge < -0.3 is 30.3 Å². The summed E-state index contributed by atoms with van der Waals surface area (Å²) in [7, 11) is -4.63. The standard InChI is InChI=1S/C42H67N6O8P/c1-3-4-5-6-7-8-9-10-11-12-13-14-15-16-17-20-25-53-28-35(47-26-33-21-18-19-22-34(33)27-47)29-54-57(51,52)55-30-37-39(49)40(50)42(56-37,31-44-2)38-24-23-36-41(43)45-32-46-48(36)38/h18-19,21-24,32,35,37,39-40,49-50H,2-17,20,25-31H2,1H3,(H,51,52)(H2,43,45,46)/t35-,37-,39-,40-,42+/m1/s1. The summed E-state index contributed by atoms with van der Waals surface area (Å²) < 4.78 is 38.0. The van der Waals surface area contributed by atoms with E-state index in [2.05, 4.69) is 45.7 Å². The summed E-state index contributed by atoms with van der Waals surface area (Å²) >= 11 is 0. The second kappa shape index (κ2) is 23.1. The van der Waals surface area contributed by atoms with Crippen LogP contribution in [0.4, 0.5) is 5.82 Å². The normalized spacial score (nSPS) is 22.6. The maximum atomic E-state index is 13.3. The fourth-order valence-electron chi connectivity index (χ4n) is 8.12. The first-order valence-electron chi connectivity index (χ1n) is 21.2. The molecule has 4 heterocycles. The predicted molar refractivity (Wildman–Crippen MR) is 222 cm³/mol. The summed E-state index contributed by atoms with van der Waals surface area (Å²) in [5.74, 6) is 0.214. The van der Waals surface area contributed by atoms with E-state index in [1.54, 1.807) is 12.1 Å². The quantitative estimate of drug-likeness (QED) is 0.0316. The molecular formula is C42H67N6O8P. The van der Waals surface area contributed by atoms with Crippen LogP contribution in [0.1, 0.15) is 126 Å². The molecule has 5 rings (SSSR count). The van der Waals surface area contributed by atoms with E-state index in [0.29, 0.717) is 37.5 Å². The number of nitrogen functional groups attached to an aromatic ring is 1. The Balaban J connectivity index is 1.04. The van der Waals surface area contributed by atoms with Gasteiger partial charge in [0.15, 0.2) is 11.4 Å². The molecule has 5 N–H and O–H groups in total. The van der Waals surface area contributed by atoms with Crippen LogP contribution in [0.3, 0.4) is 0 Å². The predicted octanol–water partition coefficient (Wildman–Crippen LogP) is 7.12. The summed E-state index contributed by atoms with van der Waals surface area (Å²) in [5.41, 5.74) is 7.65. The zero-order chi connectivity index (χ0) is 40.5. The number of hydrogen-bond donors (Lipinski definition) is 4. The smallest absolute Gasteiger partial charge is 0.387 e. The number of unbranched alkanes of at least 4 members (excludes halogenated alkanes) is 15. The van der Waals surface area contributed by atoms with Crippen molar-refractivity contribution >= 4 is 25.9 Å². The second-order valence-corrected chi connectivity index (χ2v) is 17.2. The summed E-state index contributed by atoms with van der Waals surface area (Å²) in [6, 6.07) is 11.2. The molecule has 14 nitrogen and oxygen atoms in total. The lowest BCUT2D eigenvalue weighted by molar-refractivity contribution is -0.0945. The fourth-order valence-corrected chi connectivity index (χ4v) is 8.89. The molecule has 0 saturated carbocycles. The third-order valence-electron chi connectivity index (χ3n) is 11.5. The topological polar surface area (TPSA) is 186 Å². The van der Waals surface area contributed by atoms with Gasteiger partial charge in [-0.25, -0.2) is 14.1 Å². The van der Waals surface area contributed by atoms with Gasteiger partial charge in [-0.05, 0) is 36.4 Å². The number of ether oxygens (including phenoxy) is 2. The molecule has 1 fully saturated rings. The summed E-state index contributed by atoms with van der Waals surface area (Å²) in [6.45, 7) is 7.32. The monoisotopic (exact) mass is 814 g/mol. The van der Waals surface area contributed by atoms with Crippen LogP contribution < -0.4 is 5.73 Å². The molecule has 0 aliphatic carbocycles. The van der Waals surface area contributed by atoms with E-state index in [9.17, 15) is 19.7 Å². The average molecular weight is 815 g/mol. The molecule has 1 aromatic carbocycles. The molecule has 1 unspecified atom stereocenters. The van der Waals surface area contributed by atoms with Gasteiger partial charge >= 0.3 is 7.82 Å². The Morgan fingerprint density at radius 1 is 0.912 bits per heavy atom. The number of rotatable bonds is 29. The maximum Gasteiger partial charge on any atom is 0.472 e. The Bertz CT molecular complexity index is 1670. The molecule has 2 aromatic heterocycles. The molecule has 3 aromatic rings. The Morgan fingerprint density at radius 2 is 1.51 bits per heavy atom. The number of aliphatic imine (C=N–C) groups is 1. The van der Waals surface area contributed by atoms with E-state index >= 15 is 0 Å². The van der Waals surface area contributed by atoms with Crippen molar-refractivity contribution in [1.29, 1.82) is 0 Å². The average Bonchev–Trinajstić information content (AvgIpc) is 3.91. The number of hydrogen-bond acceptors (Lipinski definition) is 12. The van der Waals surface area contributed by atoms with Crippen molar-refractivity contribution < 1.29 is 38.2 Å². The molecule has 0 amide bonds. The first-order chi connectivity index (χ1) is 27.7. The fraction of sp³-hybridized carbons (Fsp3) is 0.690. The van der Waals surface area contributed by atoms with Gasteiger partial charge in [0.25, 0.3) is 0 Å². The highest BCUT2D eigenvalue weighted by Gasteiger charge is 2.57. The Hall–Kier alpha value is -2.78. The van der Waals surface area contributed by atoms with Crippen LogP contribution in [0.15, 0.2) is 47.7 Å². The number of aliphatic hydroxyl groups excluding tert-OH is 2. The number of anilines is 1. The van der Waals surface area contributed by atoms with Gasteiger partial charge in [-0.1, -0.05) is 128 Å². The lowest BCUT2D eigenvalue weighted by atomic mass is 9.91. The first-order valence-corrected chi connectivity index (χ1v) is 22.7. The van der Waals surface area contributed by atoms with Crippen LogP contribution in [0.25, 0.3) is 5.52 Å². The Kier molecular flexibility index (Phi) is 18.4. The Labute approximate surface area is 338 Å². The van der Waals surface area contributed by atoms with Gasteiger partial charge in [-0.2, -0.15) is 5.10 Å². The number of fused-ring (bicyclic) bond motifs is 2. The third kappa shape index (κ3) is 12.9. The van der Waals surface area contributed by atoms with Crippen molar-refractivity contribution in [1.82, 2.24) is 19.5 Å². The van der Waals surface area contributed by atoms with Gasteiger partial charge in [0.2, 0.25) is 0 Å². The number of phosphoric acid groups is 1. The van der Waals surface area contributed by atoms with Gasteiger partial charge in [0.05, 0.1) is 38.1 Å². The number of aliphatic hydroxyl groups is 2. The zero-order valence-corrected chi connectivity index (χ0v) is 34.9. The number of benzene rings is 1. The van der Waals surface area contributed by atoms with Crippen molar-refractivity contribution in [3.05, 3.63) is 59.5 Å². The second-order valence-electron chi connectivity index (χ2n) is 15.8. The van der Waals surface area contributed by atoms with E-state index in [4.69, 9.17) is 24.3 Å². The van der Waals surface area contributed by atoms with E-state index < -0.39 is 38.3 Å². The number of phosphoric ester groups is 1. The lowest BCUT2D eigenvalue weighted by Gasteiger charge is -2.30. The minimum Gasteiger partial charge on any atom is -0.387 e. The van der Waals surface area contributed by atoms with Gasteiger partial charge in [0.1, 0.15) is 30.2 Å². The summed E-state index contributed by atoms with van der Waals surface area (Å²) in [5, 5.41) is 26.6. The molecule has 0 spiro atoms. The van der Waals surface area contributed by atoms with Crippen molar-refractivity contribution in [3.8, 4) is 0 Å². The molecule has 57 heavy (non-hydrogen) atoms. The van der Waals surface area contributed by atoms with Crippen LogP contribution >= 0.6 is 7.82 Å². The molecule has 2 aliphatic rings. The minimum atomic E-state index is -4.63. The molecule has 318 valence electrons. The molecule has 0 radical (unpaired) electrons. The van der Waals surface area contributed by atoms with Crippen molar-refractivity contribution in [2.75, 3.05) is 38.7 Å². The first kappa shape index (κ1) is 45.3. The van der Waals surface area contributed by atoms with Crippen molar-refractivity contribution in [3.63, 3.8) is 0 Å². The molecule has 0 bridgehead atoms. The minimum absolute atomic E-state index is 0.112. The van der Waals surface area contributed by atoms with E-state index in [0.717, 1.165) is 12.8 Å². The van der Waals surface area contributed by atoms with Crippen LogP contribution in [-0.4, -0.2) is 98.6 Å². The molecule has 15 heteroatoms. The van der Waals surface area contributed by atoms with Gasteiger partial charge in [-0.15, -0.1) is 0 Å². The van der Waals surface area contributed by atoms with E-state index in [1.165, 1.54) is 112 Å². The molecule has 1 saturated heterocycles. The van der Waals surface area contributed by atoms with Crippen LogP contribution in [0, 0.1) is 0 Å². The van der Waals surface area contributed by atoms with Crippen LogP contribution in [-0.2, 0) is 41.8 Å². The summed E-state index contributed by atoms with van der Waals surface area (Å²) in [4.78, 5) is 20.9. The van der Waals surface area contributed by atoms with Crippen LogP contribution in [0.5, 0.6) is 0 Å². The number of nitrogens with zero attached hydrogens (tertiary/aromatic N) is 5. The van der Waals surface area contributed by atoms with E-state index in [-0.39, 0.29) is 25.0 Å².